The van der Waals surface area contributed by atoms with Crippen molar-refractivity contribution in [2.45, 2.75) is 0 Å². The second-order valence-electron chi connectivity index (χ2n) is 3.28. The fourth-order valence-corrected chi connectivity index (χ4v) is 1.26. The second-order valence-corrected chi connectivity index (χ2v) is 3.28. The van der Waals surface area contributed by atoms with E-state index in [0.717, 1.165) is 0 Å². The number of aromatic nitrogens is 1. The van der Waals surface area contributed by atoms with Crippen LogP contribution in [-0.4, -0.2) is 21.0 Å². The highest BCUT2D eigenvalue weighted by Gasteiger charge is 2.06. The van der Waals surface area contributed by atoms with E-state index in [1.807, 2.05) is 0 Å². The Kier molecular flexibility index (Phi) is 2.91. The lowest BCUT2D eigenvalue weighted by atomic mass is 10.1. The summed E-state index contributed by atoms with van der Waals surface area (Å²) in [6.45, 7) is 0. The number of aromatic hydroxyl groups is 2. The SMILES string of the molecule is O=C(/C=C/c1cc(O)ccc1O)c1ncco1. The molecule has 0 fully saturated rings. The standard InChI is InChI=1S/C12H9NO4/c14-9-2-4-10(15)8(7-9)1-3-11(16)12-13-5-6-17-12/h1-7,14-15H/b3-1+. The van der Waals surface area contributed by atoms with E-state index in [-0.39, 0.29) is 17.4 Å². The van der Waals surface area contributed by atoms with Crippen LogP contribution in [0.4, 0.5) is 0 Å². The number of hydrogen-bond donors (Lipinski definition) is 2. The molecular weight excluding hydrogens is 222 g/mol. The predicted molar refractivity (Wildman–Crippen MR) is 59.6 cm³/mol. The van der Waals surface area contributed by atoms with Gasteiger partial charge in [0.05, 0.1) is 6.20 Å². The van der Waals surface area contributed by atoms with E-state index in [0.29, 0.717) is 5.56 Å². The summed E-state index contributed by atoms with van der Waals surface area (Å²) in [7, 11) is 0. The number of ketones is 1. The van der Waals surface area contributed by atoms with Crippen molar-refractivity contribution in [3.63, 3.8) is 0 Å². The average molecular weight is 231 g/mol. The third kappa shape index (κ3) is 2.52. The lowest BCUT2D eigenvalue weighted by Gasteiger charge is -1.98. The summed E-state index contributed by atoms with van der Waals surface area (Å²) >= 11 is 0. The maximum absolute atomic E-state index is 11.5. The van der Waals surface area contributed by atoms with Crippen molar-refractivity contribution in [2.75, 3.05) is 0 Å². The monoisotopic (exact) mass is 231 g/mol. The van der Waals surface area contributed by atoms with Gasteiger partial charge in [-0.25, -0.2) is 4.98 Å². The Bertz CT molecular complexity index is 558. The molecule has 0 amide bonds. The highest BCUT2D eigenvalue weighted by atomic mass is 16.3. The van der Waals surface area contributed by atoms with Gasteiger partial charge in [-0.2, -0.15) is 0 Å². The van der Waals surface area contributed by atoms with Crippen LogP contribution in [0.5, 0.6) is 11.5 Å². The smallest absolute Gasteiger partial charge is 0.267 e. The molecule has 5 heteroatoms. The Morgan fingerprint density at radius 2 is 2.18 bits per heavy atom. The van der Waals surface area contributed by atoms with Crippen molar-refractivity contribution < 1.29 is 19.4 Å². The number of benzene rings is 1. The molecule has 0 aliphatic heterocycles. The fraction of sp³-hybridized carbons (Fsp3) is 0. The summed E-state index contributed by atoms with van der Waals surface area (Å²) in [5.41, 5.74) is 0.338. The Balaban J connectivity index is 2.21. The van der Waals surface area contributed by atoms with Crippen LogP contribution in [0.2, 0.25) is 0 Å². The molecule has 0 bridgehead atoms. The number of allylic oxidation sites excluding steroid dienone is 1. The van der Waals surface area contributed by atoms with Crippen LogP contribution in [0.1, 0.15) is 16.2 Å². The molecule has 0 spiro atoms. The van der Waals surface area contributed by atoms with Crippen molar-refractivity contribution in [1.82, 2.24) is 4.98 Å². The van der Waals surface area contributed by atoms with Crippen LogP contribution in [0.15, 0.2) is 41.2 Å². The van der Waals surface area contributed by atoms with Gasteiger partial charge in [0.1, 0.15) is 17.8 Å². The van der Waals surface area contributed by atoms with E-state index in [4.69, 9.17) is 4.42 Å². The minimum absolute atomic E-state index is 0.00558. The molecule has 0 saturated carbocycles. The van der Waals surface area contributed by atoms with Crippen molar-refractivity contribution in [3.05, 3.63) is 48.2 Å². The number of phenolic OH excluding ortho intramolecular Hbond substituents is 2. The first-order valence-corrected chi connectivity index (χ1v) is 4.81. The number of carbonyl (C=O) groups excluding carboxylic acids is 1. The van der Waals surface area contributed by atoms with E-state index in [9.17, 15) is 15.0 Å². The van der Waals surface area contributed by atoms with Gasteiger partial charge >= 0.3 is 0 Å². The van der Waals surface area contributed by atoms with Gasteiger partial charge in [0.2, 0.25) is 5.78 Å². The summed E-state index contributed by atoms with van der Waals surface area (Å²) < 4.78 is 4.81. The zero-order chi connectivity index (χ0) is 12.3. The molecule has 2 aromatic rings. The molecule has 1 aromatic heterocycles. The van der Waals surface area contributed by atoms with Crippen LogP contribution < -0.4 is 0 Å². The highest BCUT2D eigenvalue weighted by molar-refractivity contribution is 6.03. The summed E-state index contributed by atoms with van der Waals surface area (Å²) in [6, 6.07) is 4.03. The second kappa shape index (κ2) is 4.52. The first kappa shape index (κ1) is 10.9. The Labute approximate surface area is 96.7 Å². The summed E-state index contributed by atoms with van der Waals surface area (Å²) in [5, 5.41) is 18.7. The molecule has 0 aliphatic carbocycles. The Hall–Kier alpha value is -2.56. The van der Waals surface area contributed by atoms with Crippen LogP contribution >= 0.6 is 0 Å². The number of hydrogen-bond acceptors (Lipinski definition) is 5. The first-order chi connectivity index (χ1) is 8.16. The molecule has 0 atom stereocenters. The number of carbonyl (C=O) groups is 1. The summed E-state index contributed by atoms with van der Waals surface area (Å²) in [4.78, 5) is 15.2. The van der Waals surface area contributed by atoms with Gasteiger partial charge in [-0.15, -0.1) is 0 Å². The Morgan fingerprint density at radius 3 is 2.88 bits per heavy atom. The third-order valence-corrected chi connectivity index (χ3v) is 2.07. The van der Waals surface area contributed by atoms with Crippen molar-refractivity contribution >= 4 is 11.9 Å². The molecule has 0 saturated heterocycles. The molecule has 17 heavy (non-hydrogen) atoms. The molecule has 1 heterocycles. The van der Waals surface area contributed by atoms with Gasteiger partial charge in [-0.1, -0.05) is 0 Å². The lowest BCUT2D eigenvalue weighted by Crippen LogP contribution is -1.93. The number of rotatable bonds is 3. The fourth-order valence-electron chi connectivity index (χ4n) is 1.26. The summed E-state index contributed by atoms with van der Waals surface area (Å²) in [6.07, 6.45) is 5.25. The van der Waals surface area contributed by atoms with E-state index in [1.54, 1.807) is 0 Å². The van der Waals surface area contributed by atoms with Crippen LogP contribution in [0.25, 0.3) is 6.08 Å². The molecule has 0 aliphatic rings. The van der Waals surface area contributed by atoms with E-state index in [1.165, 1.54) is 42.8 Å². The quantitative estimate of drug-likeness (QED) is 0.479. The zero-order valence-corrected chi connectivity index (χ0v) is 8.70. The van der Waals surface area contributed by atoms with Gasteiger partial charge in [-0.3, -0.25) is 4.79 Å². The third-order valence-electron chi connectivity index (χ3n) is 2.07. The molecular formula is C12H9NO4. The van der Waals surface area contributed by atoms with Gasteiger partial charge in [0, 0.05) is 5.56 Å². The number of oxazole rings is 1. The zero-order valence-electron chi connectivity index (χ0n) is 8.70. The predicted octanol–water partition coefficient (Wildman–Crippen LogP) is 1.98. The normalized spacial score (nSPS) is 10.8. The van der Waals surface area contributed by atoms with Crippen LogP contribution in [0.3, 0.4) is 0 Å². The van der Waals surface area contributed by atoms with Crippen LogP contribution in [0, 0.1) is 0 Å². The molecule has 86 valence electrons. The van der Waals surface area contributed by atoms with Gasteiger partial charge in [-0.05, 0) is 30.4 Å². The highest BCUT2D eigenvalue weighted by Crippen LogP contribution is 2.23. The van der Waals surface area contributed by atoms with Gasteiger partial charge in [0.25, 0.3) is 5.89 Å². The molecule has 0 unspecified atom stereocenters. The van der Waals surface area contributed by atoms with Crippen molar-refractivity contribution in [1.29, 1.82) is 0 Å². The van der Waals surface area contributed by atoms with Gasteiger partial charge in [0.15, 0.2) is 0 Å². The molecule has 0 radical (unpaired) electrons. The molecule has 2 N–H and O–H groups in total. The molecule has 5 nitrogen and oxygen atoms in total. The number of nitrogens with zero attached hydrogens (tertiary/aromatic N) is 1. The minimum atomic E-state index is -0.419. The van der Waals surface area contributed by atoms with Crippen molar-refractivity contribution in [2.24, 2.45) is 0 Å². The largest absolute Gasteiger partial charge is 0.508 e. The topological polar surface area (TPSA) is 83.6 Å². The minimum Gasteiger partial charge on any atom is -0.508 e. The maximum Gasteiger partial charge on any atom is 0.267 e. The first-order valence-electron chi connectivity index (χ1n) is 4.81. The molecule has 1 aromatic carbocycles. The van der Waals surface area contributed by atoms with E-state index < -0.39 is 5.78 Å². The van der Waals surface area contributed by atoms with Crippen molar-refractivity contribution in [3.8, 4) is 11.5 Å². The maximum atomic E-state index is 11.5. The summed E-state index contributed by atoms with van der Waals surface area (Å²) in [5.74, 6) is -0.469. The van der Waals surface area contributed by atoms with Gasteiger partial charge < -0.3 is 14.6 Å². The number of phenols is 2. The Morgan fingerprint density at radius 1 is 1.35 bits per heavy atom. The van der Waals surface area contributed by atoms with Crippen LogP contribution in [-0.2, 0) is 0 Å². The van der Waals surface area contributed by atoms with E-state index >= 15 is 0 Å². The molecule has 2 rings (SSSR count). The average Bonchev–Trinajstić information content (AvgIpc) is 2.83. The lowest BCUT2D eigenvalue weighted by molar-refractivity contribution is 0.101. The van der Waals surface area contributed by atoms with E-state index in [2.05, 4.69) is 4.98 Å².